The van der Waals surface area contributed by atoms with Gasteiger partial charge in [0.15, 0.2) is 0 Å². The minimum absolute atomic E-state index is 0.103. The van der Waals surface area contributed by atoms with Crippen molar-refractivity contribution in [1.29, 1.82) is 0 Å². The number of alkyl carbamates (subject to hydrolysis) is 1. The number of carbonyl (C=O) groups is 3. The molecule has 2 atom stereocenters. The van der Waals surface area contributed by atoms with Crippen LogP contribution in [0.5, 0.6) is 0 Å². The standard InChI is InChI=1S/C26H28N4O5/c1-2-7-22(25(32)33)29-24(31)23(12-16-13-27-15-28-16)30-26(34)35-14-21-19-10-5-3-8-17(19)18-9-4-6-11-20(18)21/h3-6,8-11,13,15,21-23H,2,7,12,14H2,1H3,(H,27,28)(H,29,31)(H,30,34)(H,32,33)/t22-,23+/m0/s1. The van der Waals surface area contributed by atoms with Crippen LogP contribution in [0.3, 0.4) is 0 Å². The molecule has 1 aliphatic carbocycles. The van der Waals surface area contributed by atoms with Crippen LogP contribution in [-0.4, -0.2) is 51.7 Å². The van der Waals surface area contributed by atoms with E-state index in [9.17, 15) is 19.5 Å². The van der Waals surface area contributed by atoms with E-state index in [4.69, 9.17) is 4.74 Å². The van der Waals surface area contributed by atoms with Crippen LogP contribution in [0.25, 0.3) is 11.1 Å². The van der Waals surface area contributed by atoms with Crippen LogP contribution in [0.15, 0.2) is 61.1 Å². The molecule has 1 aliphatic rings. The Morgan fingerprint density at radius 3 is 2.26 bits per heavy atom. The fourth-order valence-corrected chi connectivity index (χ4v) is 4.43. The maximum absolute atomic E-state index is 12.9. The van der Waals surface area contributed by atoms with E-state index in [2.05, 4.69) is 20.6 Å². The molecule has 2 aromatic carbocycles. The SMILES string of the molecule is CCC[C@H](NC(=O)[C@@H](Cc1cnc[nH]1)NC(=O)OCC1c2ccccc2-c2ccccc21)C(=O)O. The number of nitrogens with one attached hydrogen (secondary N) is 3. The van der Waals surface area contributed by atoms with E-state index < -0.39 is 30.1 Å². The second-order valence-electron chi connectivity index (χ2n) is 8.49. The number of aliphatic carboxylic acids is 1. The molecule has 4 N–H and O–H groups in total. The van der Waals surface area contributed by atoms with Crippen LogP contribution >= 0.6 is 0 Å². The van der Waals surface area contributed by atoms with Crippen LogP contribution in [-0.2, 0) is 20.7 Å². The normalized spacial score (nSPS) is 13.9. The molecule has 9 heteroatoms. The molecule has 4 rings (SSSR count). The number of aromatic nitrogens is 2. The van der Waals surface area contributed by atoms with Crippen molar-refractivity contribution in [1.82, 2.24) is 20.6 Å². The van der Waals surface area contributed by atoms with E-state index in [0.29, 0.717) is 12.1 Å². The van der Waals surface area contributed by atoms with Crippen LogP contribution in [0.4, 0.5) is 4.79 Å². The van der Waals surface area contributed by atoms with Crippen LogP contribution in [0.1, 0.15) is 42.5 Å². The number of nitrogens with zero attached hydrogens (tertiary/aromatic N) is 1. The molecule has 1 aromatic heterocycles. The maximum atomic E-state index is 12.9. The molecule has 35 heavy (non-hydrogen) atoms. The van der Waals surface area contributed by atoms with E-state index in [1.54, 1.807) is 6.20 Å². The number of rotatable bonds is 10. The summed E-state index contributed by atoms with van der Waals surface area (Å²) in [7, 11) is 0. The average molecular weight is 477 g/mol. The maximum Gasteiger partial charge on any atom is 0.407 e. The monoisotopic (exact) mass is 476 g/mol. The van der Waals surface area contributed by atoms with Gasteiger partial charge in [0.25, 0.3) is 0 Å². The van der Waals surface area contributed by atoms with Gasteiger partial charge in [0.1, 0.15) is 18.7 Å². The molecule has 0 radical (unpaired) electrons. The zero-order valence-electron chi connectivity index (χ0n) is 19.4. The first-order chi connectivity index (χ1) is 17.0. The highest BCUT2D eigenvalue weighted by Crippen LogP contribution is 2.44. The van der Waals surface area contributed by atoms with Gasteiger partial charge in [-0.1, -0.05) is 61.9 Å². The van der Waals surface area contributed by atoms with Gasteiger partial charge in [0, 0.05) is 24.2 Å². The number of benzene rings is 2. The lowest BCUT2D eigenvalue weighted by Crippen LogP contribution is -2.52. The first kappa shape index (κ1) is 24.0. The number of ether oxygens (including phenoxy) is 1. The van der Waals surface area contributed by atoms with Crippen molar-refractivity contribution in [3.8, 4) is 11.1 Å². The van der Waals surface area contributed by atoms with Crippen molar-refractivity contribution in [2.45, 2.75) is 44.2 Å². The lowest BCUT2D eigenvalue weighted by Gasteiger charge is -2.21. The lowest BCUT2D eigenvalue weighted by molar-refractivity contribution is -0.142. The van der Waals surface area contributed by atoms with E-state index in [0.717, 1.165) is 22.3 Å². The number of aromatic amines is 1. The quantitative estimate of drug-likeness (QED) is 0.355. The van der Waals surface area contributed by atoms with Crippen LogP contribution < -0.4 is 10.6 Å². The predicted molar refractivity (Wildman–Crippen MR) is 129 cm³/mol. The van der Waals surface area contributed by atoms with Gasteiger partial charge in [-0.25, -0.2) is 14.6 Å². The highest BCUT2D eigenvalue weighted by molar-refractivity contribution is 5.89. The van der Waals surface area contributed by atoms with Gasteiger partial charge >= 0.3 is 12.1 Å². The number of hydrogen-bond acceptors (Lipinski definition) is 5. The fraction of sp³-hybridized carbons (Fsp3) is 0.308. The lowest BCUT2D eigenvalue weighted by atomic mass is 9.98. The predicted octanol–water partition coefficient (Wildman–Crippen LogP) is 3.23. The second kappa shape index (κ2) is 10.9. The molecule has 1 heterocycles. The zero-order chi connectivity index (χ0) is 24.8. The number of fused-ring (bicyclic) bond motifs is 3. The molecule has 0 spiro atoms. The first-order valence-corrected chi connectivity index (χ1v) is 11.6. The smallest absolute Gasteiger partial charge is 0.407 e. The Morgan fingerprint density at radius 1 is 1.03 bits per heavy atom. The molecule has 182 valence electrons. The number of imidazole rings is 1. The number of amides is 2. The average Bonchev–Trinajstić information content (AvgIpc) is 3.48. The minimum atomic E-state index is -1.12. The number of carboxylic acid groups (broad SMARTS) is 1. The Morgan fingerprint density at radius 2 is 1.69 bits per heavy atom. The van der Waals surface area contributed by atoms with Gasteiger partial charge in [0.2, 0.25) is 5.91 Å². The largest absolute Gasteiger partial charge is 0.480 e. The molecule has 3 aromatic rings. The Bertz CT molecular complexity index is 1150. The molecule has 2 amide bonds. The van der Waals surface area contributed by atoms with E-state index in [1.165, 1.54) is 6.33 Å². The summed E-state index contributed by atoms with van der Waals surface area (Å²) in [4.78, 5) is 44.0. The molecule has 0 aliphatic heterocycles. The fourth-order valence-electron chi connectivity index (χ4n) is 4.43. The Labute approximate surface area is 202 Å². The van der Waals surface area contributed by atoms with Gasteiger partial charge in [-0.05, 0) is 28.7 Å². The summed E-state index contributed by atoms with van der Waals surface area (Å²) in [5.74, 6) is -1.84. The molecule has 0 fully saturated rings. The van der Waals surface area contributed by atoms with Gasteiger partial charge in [-0.2, -0.15) is 0 Å². The summed E-state index contributed by atoms with van der Waals surface area (Å²) in [6, 6.07) is 13.9. The molecule has 0 unspecified atom stereocenters. The van der Waals surface area contributed by atoms with E-state index >= 15 is 0 Å². The third-order valence-electron chi connectivity index (χ3n) is 6.12. The summed E-state index contributed by atoms with van der Waals surface area (Å²) in [6.45, 7) is 1.94. The van der Waals surface area contributed by atoms with Crippen LogP contribution in [0, 0.1) is 0 Å². The molecular weight excluding hydrogens is 448 g/mol. The summed E-state index contributed by atoms with van der Waals surface area (Å²) < 4.78 is 5.57. The topological polar surface area (TPSA) is 133 Å². The third-order valence-corrected chi connectivity index (χ3v) is 6.12. The van der Waals surface area contributed by atoms with E-state index in [1.807, 2.05) is 55.5 Å². The third kappa shape index (κ3) is 5.51. The molecule has 0 saturated heterocycles. The Balaban J connectivity index is 1.44. The number of hydrogen-bond donors (Lipinski definition) is 4. The summed E-state index contributed by atoms with van der Waals surface area (Å²) in [5, 5.41) is 14.5. The second-order valence-corrected chi connectivity index (χ2v) is 8.49. The zero-order valence-corrected chi connectivity index (χ0v) is 19.4. The number of carboxylic acids is 1. The molecule has 0 bridgehead atoms. The molecule has 9 nitrogen and oxygen atoms in total. The van der Waals surface area contributed by atoms with Crippen molar-refractivity contribution in [3.63, 3.8) is 0 Å². The van der Waals surface area contributed by atoms with Crippen molar-refractivity contribution in [3.05, 3.63) is 77.9 Å². The van der Waals surface area contributed by atoms with Gasteiger partial charge in [0.05, 0.1) is 6.33 Å². The molecular formula is C26H28N4O5. The Hall–Kier alpha value is -4.14. The molecule has 0 saturated carbocycles. The summed E-state index contributed by atoms with van der Waals surface area (Å²) in [6.07, 6.45) is 3.23. The van der Waals surface area contributed by atoms with Crippen LogP contribution in [0.2, 0.25) is 0 Å². The highest BCUT2D eigenvalue weighted by atomic mass is 16.5. The van der Waals surface area contributed by atoms with Gasteiger partial charge < -0.3 is 25.5 Å². The summed E-state index contributed by atoms with van der Waals surface area (Å²) >= 11 is 0. The van der Waals surface area contributed by atoms with Gasteiger partial charge in [-0.3, -0.25) is 4.79 Å². The number of H-pyrrole nitrogens is 1. The van der Waals surface area contributed by atoms with Crippen molar-refractivity contribution >= 4 is 18.0 Å². The minimum Gasteiger partial charge on any atom is -0.480 e. The first-order valence-electron chi connectivity index (χ1n) is 11.6. The van der Waals surface area contributed by atoms with Crippen molar-refractivity contribution in [2.75, 3.05) is 6.61 Å². The summed E-state index contributed by atoms with van der Waals surface area (Å²) in [5.41, 5.74) is 5.01. The van der Waals surface area contributed by atoms with E-state index in [-0.39, 0.29) is 25.4 Å². The van der Waals surface area contributed by atoms with Gasteiger partial charge in [-0.15, -0.1) is 0 Å². The Kier molecular flexibility index (Phi) is 7.45. The highest BCUT2D eigenvalue weighted by Gasteiger charge is 2.31. The van der Waals surface area contributed by atoms with Crippen molar-refractivity contribution < 1.29 is 24.2 Å². The van der Waals surface area contributed by atoms with Crippen molar-refractivity contribution in [2.24, 2.45) is 0 Å². The number of carbonyl (C=O) groups excluding carboxylic acids is 2.